The predicted octanol–water partition coefficient (Wildman–Crippen LogP) is 0.303. The van der Waals surface area contributed by atoms with Crippen molar-refractivity contribution in [3.8, 4) is 5.75 Å². The lowest BCUT2D eigenvalue weighted by molar-refractivity contribution is 0.103. The average Bonchev–Trinajstić information content (AvgIpc) is 2.37. The Morgan fingerprint density at radius 2 is 1.78 bits per heavy atom. The number of nitrogens with one attached hydrogen (secondary N) is 2. The fraction of sp³-hybridized carbons (Fsp3) is 0.0833. The molecule has 18 heavy (non-hydrogen) atoms. The quantitative estimate of drug-likeness (QED) is 0.762. The van der Waals surface area contributed by atoms with Crippen LogP contribution in [0.5, 0.6) is 5.75 Å². The molecular weight excluding hydrogens is 236 g/mol. The lowest BCUT2D eigenvalue weighted by Gasteiger charge is -2.02. The van der Waals surface area contributed by atoms with Gasteiger partial charge in [-0.2, -0.15) is 0 Å². The van der Waals surface area contributed by atoms with Gasteiger partial charge in [-0.3, -0.25) is 14.6 Å². The molecule has 1 heterocycles. The number of carbonyl (C=O) groups excluding carboxylic acids is 1. The van der Waals surface area contributed by atoms with Crippen LogP contribution in [0.1, 0.15) is 16.1 Å². The molecule has 6 nitrogen and oxygen atoms in total. The molecular formula is C12H10N2O4. The fourth-order valence-corrected chi connectivity index (χ4v) is 1.49. The van der Waals surface area contributed by atoms with Crippen molar-refractivity contribution in [3.63, 3.8) is 0 Å². The Bertz CT molecular complexity index is 654. The van der Waals surface area contributed by atoms with E-state index in [2.05, 4.69) is 4.98 Å². The van der Waals surface area contributed by atoms with E-state index < -0.39 is 17.0 Å². The highest BCUT2D eigenvalue weighted by atomic mass is 16.5. The van der Waals surface area contributed by atoms with E-state index in [1.54, 1.807) is 24.3 Å². The summed E-state index contributed by atoms with van der Waals surface area (Å²) >= 11 is 0. The maximum Gasteiger partial charge on any atom is 0.326 e. The van der Waals surface area contributed by atoms with E-state index >= 15 is 0 Å². The number of aromatic amines is 2. The number of rotatable bonds is 3. The average molecular weight is 246 g/mol. The van der Waals surface area contributed by atoms with Crippen LogP contribution in [-0.2, 0) is 0 Å². The standard InChI is InChI=1S/C12H10N2O4/c1-18-8-4-2-7(3-5-8)11(16)9-6-10(15)14-12(17)13-9/h2-6H,1H3,(H2,13,14,15,17). The van der Waals surface area contributed by atoms with Crippen molar-refractivity contribution < 1.29 is 9.53 Å². The van der Waals surface area contributed by atoms with Crippen LogP contribution >= 0.6 is 0 Å². The van der Waals surface area contributed by atoms with Crippen LogP contribution in [0.25, 0.3) is 0 Å². The molecule has 0 saturated carbocycles. The van der Waals surface area contributed by atoms with Gasteiger partial charge in [-0.05, 0) is 24.3 Å². The number of H-pyrrole nitrogens is 2. The van der Waals surface area contributed by atoms with E-state index in [9.17, 15) is 14.4 Å². The Kier molecular flexibility index (Phi) is 3.09. The summed E-state index contributed by atoms with van der Waals surface area (Å²) in [6.45, 7) is 0. The zero-order valence-corrected chi connectivity index (χ0v) is 9.52. The smallest absolute Gasteiger partial charge is 0.326 e. The molecule has 0 fully saturated rings. The molecule has 1 aromatic heterocycles. The van der Waals surface area contributed by atoms with Gasteiger partial charge in [-0.1, -0.05) is 0 Å². The number of hydrogen-bond acceptors (Lipinski definition) is 4. The molecule has 2 N–H and O–H groups in total. The van der Waals surface area contributed by atoms with Gasteiger partial charge < -0.3 is 9.72 Å². The summed E-state index contributed by atoms with van der Waals surface area (Å²) < 4.78 is 4.97. The number of benzene rings is 1. The van der Waals surface area contributed by atoms with Crippen molar-refractivity contribution in [2.24, 2.45) is 0 Å². The molecule has 2 aromatic rings. The highest BCUT2D eigenvalue weighted by molar-refractivity contribution is 6.07. The number of hydrogen-bond donors (Lipinski definition) is 2. The van der Waals surface area contributed by atoms with E-state index in [-0.39, 0.29) is 5.69 Å². The lowest BCUT2D eigenvalue weighted by Crippen LogP contribution is -2.25. The van der Waals surface area contributed by atoms with Gasteiger partial charge >= 0.3 is 5.69 Å². The monoisotopic (exact) mass is 246 g/mol. The molecule has 92 valence electrons. The summed E-state index contributed by atoms with van der Waals surface area (Å²) in [4.78, 5) is 38.4. The first kappa shape index (κ1) is 11.8. The normalized spacial score (nSPS) is 10.1. The highest BCUT2D eigenvalue weighted by Gasteiger charge is 2.10. The van der Waals surface area contributed by atoms with Crippen molar-refractivity contribution in [3.05, 3.63) is 62.4 Å². The third kappa shape index (κ3) is 2.37. The SMILES string of the molecule is COc1ccc(C(=O)c2cc(=O)[nH]c(=O)[nH]2)cc1. The van der Waals surface area contributed by atoms with Gasteiger partial charge in [0.25, 0.3) is 5.56 Å². The molecule has 6 heteroatoms. The van der Waals surface area contributed by atoms with Crippen LogP contribution in [-0.4, -0.2) is 22.9 Å². The van der Waals surface area contributed by atoms with E-state index in [4.69, 9.17) is 4.74 Å². The minimum absolute atomic E-state index is 0.0473. The molecule has 0 radical (unpaired) electrons. The zero-order valence-electron chi connectivity index (χ0n) is 9.52. The Morgan fingerprint density at radius 1 is 1.11 bits per heavy atom. The summed E-state index contributed by atoms with van der Waals surface area (Å²) in [7, 11) is 1.52. The molecule has 0 unspecified atom stereocenters. The molecule has 0 spiro atoms. The van der Waals surface area contributed by atoms with Crippen molar-refractivity contribution in [2.45, 2.75) is 0 Å². The molecule has 0 aliphatic rings. The third-order valence-electron chi connectivity index (χ3n) is 2.36. The van der Waals surface area contributed by atoms with Crippen LogP contribution < -0.4 is 16.0 Å². The van der Waals surface area contributed by atoms with Crippen LogP contribution in [0, 0.1) is 0 Å². The molecule has 2 rings (SSSR count). The van der Waals surface area contributed by atoms with Gasteiger partial charge in [-0.15, -0.1) is 0 Å². The van der Waals surface area contributed by atoms with Gasteiger partial charge in [0, 0.05) is 11.6 Å². The minimum atomic E-state index is -0.709. The number of ketones is 1. The summed E-state index contributed by atoms with van der Waals surface area (Å²) in [5.74, 6) is 0.187. The van der Waals surface area contributed by atoms with Gasteiger partial charge in [-0.25, -0.2) is 4.79 Å². The van der Waals surface area contributed by atoms with E-state index in [1.807, 2.05) is 4.98 Å². The number of methoxy groups -OCH3 is 1. The van der Waals surface area contributed by atoms with Crippen molar-refractivity contribution in [1.29, 1.82) is 0 Å². The maximum absolute atomic E-state index is 12.0. The van der Waals surface area contributed by atoms with Gasteiger partial charge in [0.05, 0.1) is 12.8 Å². The maximum atomic E-state index is 12.0. The highest BCUT2D eigenvalue weighted by Crippen LogP contribution is 2.13. The first-order valence-electron chi connectivity index (χ1n) is 5.12. The first-order valence-corrected chi connectivity index (χ1v) is 5.12. The number of carbonyl (C=O) groups is 1. The largest absolute Gasteiger partial charge is 0.497 e. The van der Waals surface area contributed by atoms with Crippen molar-refractivity contribution in [2.75, 3.05) is 7.11 Å². The second-order valence-corrected chi connectivity index (χ2v) is 3.56. The second kappa shape index (κ2) is 4.70. The molecule has 0 amide bonds. The van der Waals surface area contributed by atoms with E-state index in [0.29, 0.717) is 11.3 Å². The van der Waals surface area contributed by atoms with Crippen LogP contribution in [0.4, 0.5) is 0 Å². The Morgan fingerprint density at radius 3 is 2.33 bits per heavy atom. The zero-order chi connectivity index (χ0) is 13.1. The third-order valence-corrected chi connectivity index (χ3v) is 2.36. The Balaban J connectivity index is 2.41. The summed E-state index contributed by atoms with van der Waals surface area (Å²) in [6.07, 6.45) is 0. The molecule has 0 bridgehead atoms. The number of aromatic nitrogens is 2. The molecule has 0 saturated heterocycles. The molecule has 0 aliphatic carbocycles. The summed E-state index contributed by atoms with van der Waals surface area (Å²) in [5, 5.41) is 0. The topological polar surface area (TPSA) is 92.0 Å². The van der Waals surface area contributed by atoms with E-state index in [0.717, 1.165) is 6.07 Å². The molecule has 0 atom stereocenters. The van der Waals surface area contributed by atoms with Crippen molar-refractivity contribution in [1.82, 2.24) is 9.97 Å². The molecule has 0 aliphatic heterocycles. The second-order valence-electron chi connectivity index (χ2n) is 3.56. The van der Waals surface area contributed by atoms with Crippen LogP contribution in [0.2, 0.25) is 0 Å². The van der Waals surface area contributed by atoms with Crippen molar-refractivity contribution >= 4 is 5.78 Å². The first-order chi connectivity index (χ1) is 8.60. The lowest BCUT2D eigenvalue weighted by atomic mass is 10.1. The predicted molar refractivity (Wildman–Crippen MR) is 64.1 cm³/mol. The minimum Gasteiger partial charge on any atom is -0.497 e. The summed E-state index contributed by atoms with van der Waals surface area (Å²) in [6, 6.07) is 7.41. The van der Waals surface area contributed by atoms with Gasteiger partial charge in [0.1, 0.15) is 5.75 Å². The Hall–Kier alpha value is -2.63. The number of ether oxygens (including phenoxy) is 1. The van der Waals surface area contributed by atoms with E-state index in [1.165, 1.54) is 7.11 Å². The van der Waals surface area contributed by atoms with Crippen LogP contribution in [0.3, 0.4) is 0 Å². The van der Waals surface area contributed by atoms with Gasteiger partial charge in [0.15, 0.2) is 0 Å². The molecule has 1 aromatic carbocycles. The Labute approximate surface area is 101 Å². The fourth-order valence-electron chi connectivity index (χ4n) is 1.49. The van der Waals surface area contributed by atoms with Crippen LogP contribution in [0.15, 0.2) is 39.9 Å². The summed E-state index contributed by atoms with van der Waals surface area (Å²) in [5.41, 5.74) is -1.01. The van der Waals surface area contributed by atoms with Gasteiger partial charge in [0.2, 0.25) is 5.78 Å².